The number of aliphatic hydroxyl groups excluding tert-OH is 1. The molecule has 0 heterocycles. The number of nitrogens with two attached hydrogens (primary N) is 1. The summed E-state index contributed by atoms with van der Waals surface area (Å²) >= 11 is 0. The predicted molar refractivity (Wildman–Crippen MR) is 52.2 cm³/mol. The Bertz CT molecular complexity index is 151. The number of carbonyl (C=O) groups excluding carboxylic acids is 1. The summed E-state index contributed by atoms with van der Waals surface area (Å²) in [6, 6.07) is 0. The summed E-state index contributed by atoms with van der Waals surface area (Å²) in [6.45, 7) is 3.08. The second-order valence-corrected chi connectivity index (χ2v) is 3.42. The molecule has 0 saturated carbocycles. The first-order chi connectivity index (χ1) is 6.11. The fraction of sp³-hybridized carbons (Fsp3) is 0.889. The molecule has 1 atom stereocenters. The number of hydrogen-bond acceptors (Lipinski definition) is 3. The minimum absolute atomic E-state index is 0.0225. The molecule has 0 aromatic rings. The van der Waals surface area contributed by atoms with Crippen molar-refractivity contribution in [3.05, 3.63) is 0 Å². The normalized spacial score (nSPS) is 12.6. The zero-order chi connectivity index (χ0) is 10.3. The van der Waals surface area contributed by atoms with E-state index < -0.39 is 0 Å². The van der Waals surface area contributed by atoms with Gasteiger partial charge in [-0.25, -0.2) is 0 Å². The Morgan fingerprint density at radius 2 is 2.23 bits per heavy atom. The largest absolute Gasteiger partial charge is 0.395 e. The zero-order valence-electron chi connectivity index (χ0n) is 8.49. The molecular formula is C9H20N2O2. The number of hydrogen-bond donors (Lipinski definition) is 2. The average molecular weight is 188 g/mol. The Morgan fingerprint density at radius 1 is 1.62 bits per heavy atom. The van der Waals surface area contributed by atoms with Crippen molar-refractivity contribution in [1.82, 2.24) is 4.90 Å². The first kappa shape index (κ1) is 12.4. The van der Waals surface area contributed by atoms with Gasteiger partial charge in [-0.05, 0) is 18.9 Å². The molecule has 0 aromatic heterocycles. The van der Waals surface area contributed by atoms with Crippen molar-refractivity contribution in [1.29, 1.82) is 0 Å². The molecule has 4 heteroatoms. The molecule has 0 bridgehead atoms. The van der Waals surface area contributed by atoms with Crippen molar-refractivity contribution in [2.75, 3.05) is 26.7 Å². The molecule has 3 N–H and O–H groups in total. The van der Waals surface area contributed by atoms with E-state index in [0.717, 1.165) is 6.42 Å². The molecule has 78 valence electrons. The minimum atomic E-state index is 0.0225. The molecule has 0 radical (unpaired) electrons. The van der Waals surface area contributed by atoms with Crippen molar-refractivity contribution < 1.29 is 9.90 Å². The highest BCUT2D eigenvalue weighted by atomic mass is 16.3. The van der Waals surface area contributed by atoms with E-state index in [0.29, 0.717) is 25.4 Å². The Labute approximate surface area is 79.7 Å². The van der Waals surface area contributed by atoms with Gasteiger partial charge in [0.1, 0.15) is 0 Å². The summed E-state index contributed by atoms with van der Waals surface area (Å²) in [5, 5.41) is 8.60. The first-order valence-corrected chi connectivity index (χ1v) is 4.66. The van der Waals surface area contributed by atoms with E-state index in [-0.39, 0.29) is 12.5 Å². The maximum Gasteiger partial charge on any atom is 0.222 e. The summed E-state index contributed by atoms with van der Waals surface area (Å²) < 4.78 is 0. The molecule has 0 fully saturated rings. The standard InChI is InChI=1S/C9H20N2O2/c1-8(7-10)3-4-9(13)11(2)5-6-12/h8,12H,3-7,10H2,1-2H3. The number of nitrogens with zero attached hydrogens (tertiary/aromatic N) is 1. The van der Waals surface area contributed by atoms with Gasteiger partial charge in [0.25, 0.3) is 0 Å². The fourth-order valence-electron chi connectivity index (χ4n) is 0.953. The van der Waals surface area contributed by atoms with Crippen LogP contribution in [0.1, 0.15) is 19.8 Å². The fourth-order valence-corrected chi connectivity index (χ4v) is 0.953. The number of rotatable bonds is 6. The SMILES string of the molecule is CC(CN)CCC(=O)N(C)CCO. The third-order valence-corrected chi connectivity index (χ3v) is 2.11. The van der Waals surface area contributed by atoms with Crippen LogP contribution in [0.4, 0.5) is 0 Å². The van der Waals surface area contributed by atoms with Crippen LogP contribution in [0.2, 0.25) is 0 Å². The highest BCUT2D eigenvalue weighted by Crippen LogP contribution is 2.04. The zero-order valence-corrected chi connectivity index (χ0v) is 8.49. The highest BCUT2D eigenvalue weighted by Gasteiger charge is 2.09. The quantitative estimate of drug-likeness (QED) is 0.607. The van der Waals surface area contributed by atoms with Crippen molar-refractivity contribution in [2.24, 2.45) is 11.7 Å². The van der Waals surface area contributed by atoms with Crippen LogP contribution >= 0.6 is 0 Å². The van der Waals surface area contributed by atoms with Gasteiger partial charge in [0.05, 0.1) is 6.61 Å². The van der Waals surface area contributed by atoms with E-state index in [1.54, 1.807) is 11.9 Å². The molecule has 0 aromatic carbocycles. The lowest BCUT2D eigenvalue weighted by Crippen LogP contribution is -2.29. The molecule has 0 aliphatic carbocycles. The molecule has 1 amide bonds. The molecule has 0 spiro atoms. The molecule has 0 aliphatic rings. The monoisotopic (exact) mass is 188 g/mol. The van der Waals surface area contributed by atoms with Gasteiger partial charge in [0.2, 0.25) is 5.91 Å². The van der Waals surface area contributed by atoms with Crippen LogP contribution in [-0.2, 0) is 4.79 Å². The third kappa shape index (κ3) is 5.60. The summed E-state index contributed by atoms with van der Waals surface area (Å²) in [7, 11) is 1.70. The second kappa shape index (κ2) is 6.86. The lowest BCUT2D eigenvalue weighted by Gasteiger charge is -2.16. The number of carbonyl (C=O) groups is 1. The van der Waals surface area contributed by atoms with Gasteiger partial charge in [0, 0.05) is 20.0 Å². The lowest BCUT2D eigenvalue weighted by atomic mass is 10.1. The molecular weight excluding hydrogens is 168 g/mol. The van der Waals surface area contributed by atoms with Crippen LogP contribution in [0.15, 0.2) is 0 Å². The average Bonchev–Trinajstić information content (AvgIpc) is 2.13. The van der Waals surface area contributed by atoms with Gasteiger partial charge in [-0.2, -0.15) is 0 Å². The summed E-state index contributed by atoms with van der Waals surface area (Å²) in [6.07, 6.45) is 1.35. The minimum Gasteiger partial charge on any atom is -0.395 e. The van der Waals surface area contributed by atoms with Crippen molar-refractivity contribution in [2.45, 2.75) is 19.8 Å². The van der Waals surface area contributed by atoms with Gasteiger partial charge in [-0.15, -0.1) is 0 Å². The predicted octanol–water partition coefficient (Wildman–Crippen LogP) is -0.188. The maximum absolute atomic E-state index is 11.3. The van der Waals surface area contributed by atoms with Crippen LogP contribution in [0.3, 0.4) is 0 Å². The Hall–Kier alpha value is -0.610. The highest BCUT2D eigenvalue weighted by molar-refractivity contribution is 5.75. The van der Waals surface area contributed by atoms with Crippen molar-refractivity contribution in [3.63, 3.8) is 0 Å². The third-order valence-electron chi connectivity index (χ3n) is 2.11. The lowest BCUT2D eigenvalue weighted by molar-refractivity contribution is -0.130. The van der Waals surface area contributed by atoms with Gasteiger partial charge in [-0.3, -0.25) is 4.79 Å². The molecule has 13 heavy (non-hydrogen) atoms. The van der Waals surface area contributed by atoms with Crippen LogP contribution in [0, 0.1) is 5.92 Å². The summed E-state index contributed by atoms with van der Waals surface area (Å²) in [5.74, 6) is 0.473. The smallest absolute Gasteiger partial charge is 0.222 e. The van der Waals surface area contributed by atoms with Crippen molar-refractivity contribution in [3.8, 4) is 0 Å². The van der Waals surface area contributed by atoms with Crippen LogP contribution in [-0.4, -0.2) is 42.7 Å². The Morgan fingerprint density at radius 3 is 2.69 bits per heavy atom. The van der Waals surface area contributed by atoms with Gasteiger partial charge in [-0.1, -0.05) is 6.92 Å². The van der Waals surface area contributed by atoms with Crippen LogP contribution < -0.4 is 5.73 Å². The van der Waals surface area contributed by atoms with Gasteiger partial charge < -0.3 is 15.7 Å². The summed E-state index contributed by atoms with van der Waals surface area (Å²) in [4.78, 5) is 12.9. The molecule has 0 rings (SSSR count). The Kier molecular flexibility index (Phi) is 6.54. The molecule has 0 saturated heterocycles. The molecule has 1 unspecified atom stereocenters. The van der Waals surface area contributed by atoms with Gasteiger partial charge in [0.15, 0.2) is 0 Å². The van der Waals surface area contributed by atoms with E-state index in [1.165, 1.54) is 0 Å². The second-order valence-electron chi connectivity index (χ2n) is 3.42. The van der Waals surface area contributed by atoms with Crippen LogP contribution in [0.5, 0.6) is 0 Å². The molecule has 4 nitrogen and oxygen atoms in total. The topological polar surface area (TPSA) is 66.6 Å². The van der Waals surface area contributed by atoms with Crippen LogP contribution in [0.25, 0.3) is 0 Å². The van der Waals surface area contributed by atoms with E-state index in [4.69, 9.17) is 10.8 Å². The van der Waals surface area contributed by atoms with E-state index in [9.17, 15) is 4.79 Å². The van der Waals surface area contributed by atoms with E-state index in [1.807, 2.05) is 6.92 Å². The van der Waals surface area contributed by atoms with Crippen molar-refractivity contribution >= 4 is 5.91 Å². The van der Waals surface area contributed by atoms with Gasteiger partial charge >= 0.3 is 0 Å². The first-order valence-electron chi connectivity index (χ1n) is 4.66. The summed E-state index contributed by atoms with van der Waals surface area (Å²) in [5.41, 5.74) is 5.43. The molecule has 0 aliphatic heterocycles. The number of likely N-dealkylation sites (N-methyl/N-ethyl adjacent to an activating group) is 1. The maximum atomic E-state index is 11.3. The Balaban J connectivity index is 3.61. The number of aliphatic hydroxyl groups is 1. The van der Waals surface area contributed by atoms with E-state index >= 15 is 0 Å². The van der Waals surface area contributed by atoms with E-state index in [2.05, 4.69) is 0 Å². The number of amides is 1.